The molecular weight excluding hydrogens is 446 g/mol. The van der Waals surface area contributed by atoms with Crippen molar-refractivity contribution in [3.05, 3.63) is 36.3 Å². The van der Waals surface area contributed by atoms with Gasteiger partial charge in [0.25, 0.3) is 0 Å². The summed E-state index contributed by atoms with van der Waals surface area (Å²) in [6.07, 6.45) is 3.67. The van der Waals surface area contributed by atoms with Gasteiger partial charge in [-0.25, -0.2) is 22.7 Å². The van der Waals surface area contributed by atoms with Crippen LogP contribution in [0.2, 0.25) is 0 Å². The maximum absolute atomic E-state index is 12.7. The molecule has 33 heavy (non-hydrogen) atoms. The Morgan fingerprint density at radius 1 is 1.27 bits per heavy atom. The molecule has 1 amide bonds. The quantitative estimate of drug-likeness (QED) is 0.497. The van der Waals surface area contributed by atoms with Crippen LogP contribution in [0.4, 0.5) is 4.79 Å². The van der Waals surface area contributed by atoms with E-state index in [4.69, 9.17) is 9.47 Å². The lowest BCUT2D eigenvalue weighted by Crippen LogP contribution is -2.38. The van der Waals surface area contributed by atoms with Crippen molar-refractivity contribution in [1.29, 1.82) is 0 Å². The van der Waals surface area contributed by atoms with Crippen LogP contribution in [-0.2, 0) is 14.6 Å². The number of carbonyl (C=O) groups is 1. The standard InChI is InChI=1S/C22H29N5O5S/c1-8-26(21(28)32-22(3,4)5)14(2)17-12-16(19(31-6)13-23-17)18-11-15-9-10-24-27(15)20(25-18)33(7,29)30/h9-14H,8H2,1-7H3. The van der Waals surface area contributed by atoms with Gasteiger partial charge in [-0.05, 0) is 52.8 Å². The van der Waals surface area contributed by atoms with E-state index >= 15 is 0 Å². The summed E-state index contributed by atoms with van der Waals surface area (Å²) in [7, 11) is -2.16. The molecule has 0 saturated heterocycles. The van der Waals surface area contributed by atoms with Gasteiger partial charge in [0.1, 0.15) is 11.4 Å². The van der Waals surface area contributed by atoms with E-state index in [9.17, 15) is 13.2 Å². The summed E-state index contributed by atoms with van der Waals surface area (Å²) < 4.78 is 37.0. The molecule has 0 fully saturated rings. The second kappa shape index (κ2) is 8.97. The van der Waals surface area contributed by atoms with Gasteiger partial charge in [0, 0.05) is 18.4 Å². The lowest BCUT2D eigenvalue weighted by Gasteiger charge is -2.30. The van der Waals surface area contributed by atoms with E-state index in [0.29, 0.717) is 34.8 Å². The molecule has 0 radical (unpaired) electrons. The molecule has 11 heteroatoms. The first kappa shape index (κ1) is 24.4. The number of hydrogen-bond acceptors (Lipinski definition) is 8. The van der Waals surface area contributed by atoms with Crippen molar-refractivity contribution in [2.75, 3.05) is 19.9 Å². The molecule has 1 atom stereocenters. The molecule has 3 aromatic rings. The molecule has 3 heterocycles. The molecule has 3 aromatic heterocycles. The maximum atomic E-state index is 12.7. The number of methoxy groups -OCH3 is 1. The Kier molecular flexibility index (Phi) is 6.64. The Balaban J connectivity index is 2.11. The summed E-state index contributed by atoms with van der Waals surface area (Å²) in [5, 5.41) is 3.88. The molecule has 0 aliphatic carbocycles. The number of rotatable bonds is 6. The first-order valence-electron chi connectivity index (χ1n) is 10.4. The van der Waals surface area contributed by atoms with E-state index in [1.165, 1.54) is 24.0 Å². The van der Waals surface area contributed by atoms with Crippen molar-refractivity contribution in [2.45, 2.75) is 51.4 Å². The van der Waals surface area contributed by atoms with Crippen molar-refractivity contribution in [3.63, 3.8) is 0 Å². The van der Waals surface area contributed by atoms with E-state index in [0.717, 1.165) is 6.26 Å². The summed E-state index contributed by atoms with van der Waals surface area (Å²) in [6, 6.07) is 4.75. The first-order valence-corrected chi connectivity index (χ1v) is 12.3. The minimum atomic E-state index is -3.66. The van der Waals surface area contributed by atoms with Gasteiger partial charge in [-0.1, -0.05) is 0 Å². The summed E-state index contributed by atoms with van der Waals surface area (Å²) >= 11 is 0. The second-order valence-corrected chi connectivity index (χ2v) is 10.5. The molecule has 178 valence electrons. The third-order valence-corrected chi connectivity index (χ3v) is 5.86. The van der Waals surface area contributed by atoms with Crippen molar-refractivity contribution in [1.82, 2.24) is 24.5 Å². The average Bonchev–Trinajstić information content (AvgIpc) is 3.19. The fraction of sp³-hybridized carbons (Fsp3) is 0.455. The highest BCUT2D eigenvalue weighted by Crippen LogP contribution is 2.33. The zero-order chi connectivity index (χ0) is 24.6. The van der Waals surface area contributed by atoms with E-state index in [2.05, 4.69) is 15.1 Å². The number of carbonyl (C=O) groups excluding carboxylic acids is 1. The van der Waals surface area contributed by atoms with Crippen molar-refractivity contribution in [2.24, 2.45) is 0 Å². The number of nitrogens with zero attached hydrogens (tertiary/aromatic N) is 5. The number of aromatic nitrogens is 4. The summed E-state index contributed by atoms with van der Waals surface area (Å²) in [4.78, 5) is 23.1. The second-order valence-electron chi connectivity index (χ2n) is 8.62. The van der Waals surface area contributed by atoms with Crippen LogP contribution in [0.3, 0.4) is 0 Å². The molecule has 10 nitrogen and oxygen atoms in total. The summed E-state index contributed by atoms with van der Waals surface area (Å²) in [5.74, 6) is 0.419. The van der Waals surface area contributed by atoms with Crippen LogP contribution in [-0.4, -0.2) is 64.5 Å². The van der Waals surface area contributed by atoms with Crippen LogP contribution >= 0.6 is 0 Å². The van der Waals surface area contributed by atoms with Gasteiger partial charge in [-0.3, -0.25) is 4.98 Å². The van der Waals surface area contributed by atoms with E-state index in [1.807, 2.05) is 34.6 Å². The smallest absolute Gasteiger partial charge is 0.410 e. The Morgan fingerprint density at radius 3 is 2.55 bits per heavy atom. The Morgan fingerprint density at radius 2 is 1.97 bits per heavy atom. The predicted molar refractivity (Wildman–Crippen MR) is 123 cm³/mol. The van der Waals surface area contributed by atoms with Crippen LogP contribution in [0.25, 0.3) is 16.8 Å². The van der Waals surface area contributed by atoms with E-state index < -0.39 is 27.6 Å². The lowest BCUT2D eigenvalue weighted by molar-refractivity contribution is 0.0182. The monoisotopic (exact) mass is 475 g/mol. The van der Waals surface area contributed by atoms with Crippen LogP contribution in [0.1, 0.15) is 46.4 Å². The Bertz CT molecular complexity index is 1280. The zero-order valence-electron chi connectivity index (χ0n) is 19.9. The third kappa shape index (κ3) is 5.24. The first-order chi connectivity index (χ1) is 15.4. The molecule has 0 bridgehead atoms. The van der Waals surface area contributed by atoms with E-state index in [1.54, 1.807) is 23.1 Å². The fourth-order valence-electron chi connectivity index (χ4n) is 3.38. The number of ether oxygens (including phenoxy) is 2. The highest BCUT2D eigenvalue weighted by Gasteiger charge is 2.27. The van der Waals surface area contributed by atoms with Crippen LogP contribution < -0.4 is 4.74 Å². The molecular formula is C22H29N5O5S. The van der Waals surface area contributed by atoms with Gasteiger partial charge in [-0.15, -0.1) is 0 Å². The molecule has 0 aliphatic heterocycles. The summed E-state index contributed by atoms with van der Waals surface area (Å²) in [6.45, 7) is 9.55. The fourth-order valence-corrected chi connectivity index (χ4v) is 4.11. The Labute approximate surface area is 193 Å². The highest BCUT2D eigenvalue weighted by atomic mass is 32.2. The Hall–Kier alpha value is -3.21. The molecule has 0 aromatic carbocycles. The maximum Gasteiger partial charge on any atom is 0.410 e. The largest absolute Gasteiger partial charge is 0.494 e. The number of sulfone groups is 1. The van der Waals surface area contributed by atoms with Crippen LogP contribution in [0, 0.1) is 0 Å². The van der Waals surface area contributed by atoms with Crippen molar-refractivity contribution in [3.8, 4) is 17.0 Å². The van der Waals surface area contributed by atoms with Crippen LogP contribution in [0.5, 0.6) is 5.75 Å². The number of pyridine rings is 1. The van der Waals surface area contributed by atoms with Gasteiger partial charge >= 0.3 is 6.09 Å². The van der Waals surface area contributed by atoms with Gasteiger partial charge < -0.3 is 14.4 Å². The molecule has 0 N–H and O–H groups in total. The molecule has 0 spiro atoms. The molecule has 0 aliphatic rings. The van der Waals surface area contributed by atoms with Gasteiger partial charge in [0.2, 0.25) is 15.0 Å². The topological polar surface area (TPSA) is 116 Å². The number of fused-ring (bicyclic) bond motifs is 1. The van der Waals surface area contributed by atoms with Crippen molar-refractivity contribution >= 4 is 21.4 Å². The minimum Gasteiger partial charge on any atom is -0.494 e. The van der Waals surface area contributed by atoms with Crippen LogP contribution in [0.15, 0.2) is 35.7 Å². The molecule has 0 saturated carbocycles. The van der Waals surface area contributed by atoms with Gasteiger partial charge in [0.15, 0.2) is 0 Å². The average molecular weight is 476 g/mol. The lowest BCUT2D eigenvalue weighted by atomic mass is 10.1. The van der Waals surface area contributed by atoms with E-state index in [-0.39, 0.29) is 5.16 Å². The normalized spacial score (nSPS) is 13.1. The SMILES string of the molecule is CCN(C(=O)OC(C)(C)C)C(C)c1cc(-c2cc3ccnn3c(S(C)(=O)=O)n2)c(OC)cn1. The predicted octanol–water partition coefficient (Wildman–Crippen LogP) is 3.52. The number of hydrogen-bond donors (Lipinski definition) is 0. The summed E-state index contributed by atoms with van der Waals surface area (Å²) in [5.41, 5.74) is 1.45. The molecule has 3 rings (SSSR count). The minimum absolute atomic E-state index is 0.183. The zero-order valence-corrected chi connectivity index (χ0v) is 20.7. The van der Waals surface area contributed by atoms with Crippen molar-refractivity contribution < 1.29 is 22.7 Å². The van der Waals surface area contributed by atoms with Gasteiger partial charge in [0.05, 0.1) is 42.4 Å². The highest BCUT2D eigenvalue weighted by molar-refractivity contribution is 7.90. The molecule has 1 unspecified atom stereocenters. The van der Waals surface area contributed by atoms with Gasteiger partial charge in [-0.2, -0.15) is 5.10 Å². The number of amides is 1. The third-order valence-electron chi connectivity index (χ3n) is 4.93.